The van der Waals surface area contributed by atoms with Crippen LogP contribution in [0.3, 0.4) is 0 Å². The van der Waals surface area contributed by atoms with Gasteiger partial charge in [0.05, 0.1) is 19.4 Å². The third-order valence-corrected chi connectivity index (χ3v) is 3.59. The van der Waals surface area contributed by atoms with Gasteiger partial charge < -0.3 is 14.1 Å². The van der Waals surface area contributed by atoms with Crippen LogP contribution in [0.5, 0.6) is 0 Å². The van der Waals surface area contributed by atoms with E-state index in [1.54, 1.807) is 28.9 Å². The lowest BCUT2D eigenvalue weighted by molar-refractivity contribution is 0.0655. The van der Waals surface area contributed by atoms with Crippen molar-refractivity contribution in [1.82, 2.24) is 24.5 Å². The number of amides is 1. The second kappa shape index (κ2) is 6.79. The molecule has 0 spiro atoms. The van der Waals surface area contributed by atoms with E-state index in [9.17, 15) is 4.79 Å². The Morgan fingerprint density at radius 3 is 2.92 bits per heavy atom. The van der Waals surface area contributed by atoms with Crippen molar-refractivity contribution in [2.75, 3.05) is 20.3 Å². The van der Waals surface area contributed by atoms with Gasteiger partial charge in [0.2, 0.25) is 5.82 Å². The van der Waals surface area contributed by atoms with Crippen molar-refractivity contribution in [1.29, 1.82) is 0 Å². The lowest BCUT2D eigenvalue weighted by atomic mass is 10.3. The van der Waals surface area contributed by atoms with Crippen molar-refractivity contribution in [3.63, 3.8) is 0 Å². The van der Waals surface area contributed by atoms with Gasteiger partial charge in [0.15, 0.2) is 0 Å². The fourth-order valence-corrected chi connectivity index (χ4v) is 2.44. The van der Waals surface area contributed by atoms with E-state index in [-0.39, 0.29) is 11.7 Å². The summed E-state index contributed by atoms with van der Waals surface area (Å²) in [5.74, 6) is 0.929. The van der Waals surface area contributed by atoms with Gasteiger partial charge in [0.25, 0.3) is 11.7 Å². The molecule has 3 heterocycles. The number of aryl methyl sites for hydroxylation is 2. The molecule has 3 rings (SSSR count). The third kappa shape index (κ3) is 3.28. The first-order valence-electron chi connectivity index (χ1n) is 7.60. The number of carbonyl (C=O) groups excluding carboxylic acids is 1. The fourth-order valence-electron chi connectivity index (χ4n) is 2.44. The molecule has 8 nitrogen and oxygen atoms in total. The number of rotatable bonds is 6. The SMILES string of the molecule is COCCN(Cc1ccco1)C(=O)c1nc2nc(C)cc(C)n2n1. The van der Waals surface area contributed by atoms with Crippen LogP contribution in [0, 0.1) is 13.8 Å². The van der Waals surface area contributed by atoms with Gasteiger partial charge in [-0.3, -0.25) is 4.79 Å². The van der Waals surface area contributed by atoms with E-state index in [4.69, 9.17) is 9.15 Å². The van der Waals surface area contributed by atoms with Crippen molar-refractivity contribution < 1.29 is 13.9 Å². The Morgan fingerprint density at radius 2 is 2.21 bits per heavy atom. The molecule has 0 aromatic carbocycles. The summed E-state index contributed by atoms with van der Waals surface area (Å²) in [7, 11) is 1.59. The summed E-state index contributed by atoms with van der Waals surface area (Å²) in [6.07, 6.45) is 1.58. The minimum Gasteiger partial charge on any atom is -0.467 e. The minimum atomic E-state index is -0.286. The van der Waals surface area contributed by atoms with Gasteiger partial charge in [-0.1, -0.05) is 0 Å². The van der Waals surface area contributed by atoms with Crippen LogP contribution >= 0.6 is 0 Å². The highest BCUT2D eigenvalue weighted by Gasteiger charge is 2.22. The molecule has 3 aromatic rings. The molecule has 0 aliphatic rings. The number of aromatic nitrogens is 4. The fraction of sp³-hybridized carbons (Fsp3) is 0.375. The van der Waals surface area contributed by atoms with Gasteiger partial charge in [-0.05, 0) is 32.0 Å². The number of fused-ring (bicyclic) bond motifs is 1. The van der Waals surface area contributed by atoms with Gasteiger partial charge in [-0.25, -0.2) is 9.50 Å². The molecule has 0 bridgehead atoms. The molecule has 0 N–H and O–H groups in total. The minimum absolute atomic E-state index is 0.110. The van der Waals surface area contributed by atoms with E-state index in [0.29, 0.717) is 31.2 Å². The number of hydrogen-bond acceptors (Lipinski definition) is 6. The topological polar surface area (TPSA) is 85.8 Å². The first-order chi connectivity index (χ1) is 11.6. The van der Waals surface area contributed by atoms with Crippen LogP contribution in [0.15, 0.2) is 28.9 Å². The summed E-state index contributed by atoms with van der Waals surface area (Å²) in [5, 5.41) is 4.29. The van der Waals surface area contributed by atoms with Crippen LogP contribution in [0.25, 0.3) is 5.78 Å². The van der Waals surface area contributed by atoms with Gasteiger partial charge in [-0.15, -0.1) is 5.10 Å². The van der Waals surface area contributed by atoms with Crippen molar-refractivity contribution in [2.45, 2.75) is 20.4 Å². The average Bonchev–Trinajstić information content (AvgIpc) is 3.20. The monoisotopic (exact) mass is 329 g/mol. The molecule has 0 radical (unpaired) electrons. The molecular weight excluding hydrogens is 310 g/mol. The van der Waals surface area contributed by atoms with Crippen molar-refractivity contribution >= 4 is 11.7 Å². The summed E-state index contributed by atoms with van der Waals surface area (Å²) in [5.41, 5.74) is 1.71. The maximum absolute atomic E-state index is 12.8. The Bertz CT molecular complexity index is 841. The maximum atomic E-state index is 12.8. The smallest absolute Gasteiger partial charge is 0.294 e. The van der Waals surface area contributed by atoms with Crippen molar-refractivity contribution in [3.05, 3.63) is 47.4 Å². The van der Waals surface area contributed by atoms with Gasteiger partial charge in [-0.2, -0.15) is 4.98 Å². The maximum Gasteiger partial charge on any atom is 0.294 e. The number of ether oxygens (including phenoxy) is 1. The number of furan rings is 1. The van der Waals surface area contributed by atoms with Crippen molar-refractivity contribution in [3.8, 4) is 0 Å². The van der Waals surface area contributed by atoms with E-state index in [1.807, 2.05) is 26.0 Å². The average molecular weight is 329 g/mol. The molecule has 8 heteroatoms. The van der Waals surface area contributed by atoms with Crippen LogP contribution in [0.4, 0.5) is 0 Å². The normalized spacial score (nSPS) is 11.1. The van der Waals surface area contributed by atoms with Gasteiger partial charge in [0, 0.05) is 25.0 Å². The summed E-state index contributed by atoms with van der Waals surface area (Å²) < 4.78 is 12.0. The number of carbonyl (C=O) groups is 1. The predicted octanol–water partition coefficient (Wildman–Crippen LogP) is 1.62. The van der Waals surface area contributed by atoms with E-state index in [1.165, 1.54) is 0 Å². The van der Waals surface area contributed by atoms with Gasteiger partial charge in [0.1, 0.15) is 5.76 Å². The van der Waals surface area contributed by atoms with Crippen LogP contribution in [-0.2, 0) is 11.3 Å². The number of nitrogens with zero attached hydrogens (tertiary/aromatic N) is 5. The Morgan fingerprint density at radius 1 is 1.38 bits per heavy atom. The highest BCUT2D eigenvalue weighted by atomic mass is 16.5. The zero-order valence-electron chi connectivity index (χ0n) is 13.9. The molecule has 3 aromatic heterocycles. The van der Waals surface area contributed by atoms with Crippen LogP contribution in [-0.4, -0.2) is 50.7 Å². The number of methoxy groups -OCH3 is 1. The van der Waals surface area contributed by atoms with Crippen LogP contribution < -0.4 is 0 Å². The van der Waals surface area contributed by atoms with E-state index in [0.717, 1.165) is 11.4 Å². The highest BCUT2D eigenvalue weighted by molar-refractivity contribution is 5.90. The first kappa shape index (κ1) is 16.1. The predicted molar refractivity (Wildman–Crippen MR) is 85.6 cm³/mol. The second-order valence-electron chi connectivity index (χ2n) is 5.48. The molecule has 1 amide bonds. The summed E-state index contributed by atoms with van der Waals surface area (Å²) in [6, 6.07) is 5.49. The number of hydrogen-bond donors (Lipinski definition) is 0. The molecule has 0 unspecified atom stereocenters. The largest absolute Gasteiger partial charge is 0.467 e. The lowest BCUT2D eigenvalue weighted by Gasteiger charge is -2.19. The zero-order chi connectivity index (χ0) is 17.1. The Balaban J connectivity index is 1.89. The standard InChI is InChI=1S/C16H19N5O3/c1-11-9-12(2)21-16(17-11)18-14(19-21)15(22)20(6-8-23-3)10-13-5-4-7-24-13/h4-5,7,9H,6,8,10H2,1-3H3. The molecule has 24 heavy (non-hydrogen) atoms. The Hall–Kier alpha value is -2.74. The molecule has 0 fully saturated rings. The highest BCUT2D eigenvalue weighted by Crippen LogP contribution is 2.11. The zero-order valence-corrected chi connectivity index (χ0v) is 13.9. The molecule has 0 atom stereocenters. The van der Waals surface area contributed by atoms with Crippen LogP contribution in [0.1, 0.15) is 27.8 Å². The van der Waals surface area contributed by atoms with Gasteiger partial charge >= 0.3 is 0 Å². The third-order valence-electron chi connectivity index (χ3n) is 3.59. The molecule has 0 aliphatic heterocycles. The van der Waals surface area contributed by atoms with Crippen LogP contribution in [0.2, 0.25) is 0 Å². The molecule has 0 aliphatic carbocycles. The van der Waals surface area contributed by atoms with Crippen molar-refractivity contribution in [2.24, 2.45) is 0 Å². The summed E-state index contributed by atoms with van der Waals surface area (Å²) in [6.45, 7) is 4.94. The summed E-state index contributed by atoms with van der Waals surface area (Å²) in [4.78, 5) is 23.0. The molecule has 0 saturated carbocycles. The summed E-state index contributed by atoms with van der Waals surface area (Å²) >= 11 is 0. The van der Waals surface area contributed by atoms with E-state index in [2.05, 4.69) is 15.1 Å². The van der Waals surface area contributed by atoms with E-state index >= 15 is 0 Å². The lowest BCUT2D eigenvalue weighted by Crippen LogP contribution is -2.34. The molecule has 126 valence electrons. The van der Waals surface area contributed by atoms with E-state index < -0.39 is 0 Å². The molecule has 0 saturated heterocycles. The Kier molecular flexibility index (Phi) is 4.57. The Labute approximate surface area is 139 Å². The second-order valence-corrected chi connectivity index (χ2v) is 5.48. The molecular formula is C16H19N5O3. The first-order valence-corrected chi connectivity index (χ1v) is 7.60. The quantitative estimate of drug-likeness (QED) is 0.683.